The molecular formula is C24H36F2N6O5. The minimum atomic E-state index is -2.87. The molecule has 1 saturated carbocycles. The average Bonchev–Trinajstić information content (AvgIpc) is 3.33. The highest BCUT2D eigenvalue weighted by Gasteiger charge is 2.29. The van der Waals surface area contributed by atoms with Crippen molar-refractivity contribution in [3.8, 4) is 0 Å². The quantitative estimate of drug-likeness (QED) is 0.296. The summed E-state index contributed by atoms with van der Waals surface area (Å²) in [5.41, 5.74) is 0.155. The fraction of sp³-hybridized carbons (Fsp3) is 0.708. The Kier molecular flexibility index (Phi) is 10.9. The van der Waals surface area contributed by atoms with Gasteiger partial charge in [0.2, 0.25) is 5.95 Å². The molecule has 11 nitrogen and oxygen atoms in total. The number of nitrogens with zero attached hydrogens (tertiary/aromatic N) is 4. The van der Waals surface area contributed by atoms with E-state index in [4.69, 9.17) is 4.74 Å². The molecule has 1 atom stereocenters. The van der Waals surface area contributed by atoms with Crippen LogP contribution in [-0.4, -0.2) is 89.8 Å². The number of ether oxygens (including phenoxy) is 2. The first-order chi connectivity index (χ1) is 17.7. The number of carbonyl (C=O) groups excluding carboxylic acids is 2. The molecule has 0 spiro atoms. The first-order valence-electron chi connectivity index (χ1n) is 12.7. The largest absolute Gasteiger partial charge is 0.449 e. The number of aliphatic hydroxyl groups is 1. The molecule has 0 aromatic carbocycles. The summed E-state index contributed by atoms with van der Waals surface area (Å²) in [6.07, 6.45) is 5.86. The Bertz CT molecular complexity index is 927. The van der Waals surface area contributed by atoms with E-state index in [1.165, 1.54) is 6.20 Å². The van der Waals surface area contributed by atoms with Crippen LogP contribution < -0.4 is 10.6 Å². The Hall–Kier alpha value is -2.93. The number of hydrogen-bond acceptors (Lipinski definition) is 9. The number of carbonyl (C=O) groups is 2. The van der Waals surface area contributed by atoms with Crippen LogP contribution in [0.15, 0.2) is 11.2 Å². The maximum absolute atomic E-state index is 13.1. The van der Waals surface area contributed by atoms with E-state index in [1.807, 2.05) is 13.8 Å². The molecule has 3 N–H and O–H groups in total. The first kappa shape index (κ1) is 28.6. The zero-order chi connectivity index (χ0) is 26.8. The number of aliphatic imine (C=N–C) groups is 1. The number of halogens is 2. The van der Waals surface area contributed by atoms with Crippen molar-refractivity contribution in [3.05, 3.63) is 11.8 Å². The lowest BCUT2D eigenvalue weighted by Gasteiger charge is -2.22. The van der Waals surface area contributed by atoms with Crippen molar-refractivity contribution < 1.29 is 33.0 Å². The molecule has 0 bridgehead atoms. The molecule has 0 radical (unpaired) electrons. The average molecular weight is 527 g/mol. The van der Waals surface area contributed by atoms with E-state index in [0.717, 1.165) is 12.8 Å². The van der Waals surface area contributed by atoms with Crippen LogP contribution >= 0.6 is 0 Å². The van der Waals surface area contributed by atoms with Gasteiger partial charge in [0.15, 0.2) is 5.82 Å². The van der Waals surface area contributed by atoms with Crippen LogP contribution in [0.1, 0.15) is 56.3 Å². The number of alkyl halides is 2. The lowest BCUT2D eigenvalue weighted by atomic mass is 9.88. The van der Waals surface area contributed by atoms with Gasteiger partial charge >= 0.3 is 12.7 Å². The van der Waals surface area contributed by atoms with E-state index in [-0.39, 0.29) is 54.5 Å². The topological polar surface area (TPSA) is 138 Å². The van der Waals surface area contributed by atoms with E-state index in [2.05, 4.69) is 30.3 Å². The molecule has 1 saturated heterocycles. The Balaban J connectivity index is 1.65. The molecule has 2 heterocycles. The predicted molar refractivity (Wildman–Crippen MR) is 132 cm³/mol. The van der Waals surface area contributed by atoms with Crippen LogP contribution in [0.5, 0.6) is 0 Å². The Morgan fingerprint density at radius 3 is 2.73 bits per heavy atom. The Morgan fingerprint density at radius 1 is 1.27 bits per heavy atom. The highest BCUT2D eigenvalue weighted by atomic mass is 19.3. The van der Waals surface area contributed by atoms with Crippen molar-refractivity contribution in [1.82, 2.24) is 20.2 Å². The lowest BCUT2D eigenvalue weighted by molar-refractivity contribution is -0.125. The number of nitrogens with one attached hydrogen (secondary N) is 2. The summed E-state index contributed by atoms with van der Waals surface area (Å²) in [7, 11) is 0. The summed E-state index contributed by atoms with van der Waals surface area (Å²) < 4.78 is 33.9. The number of likely N-dealkylation sites (tertiary alicyclic amines) is 1. The van der Waals surface area contributed by atoms with Crippen LogP contribution in [0.25, 0.3) is 0 Å². The molecule has 1 aromatic rings. The minimum absolute atomic E-state index is 0.0460. The number of anilines is 1. The van der Waals surface area contributed by atoms with E-state index >= 15 is 0 Å². The van der Waals surface area contributed by atoms with Gasteiger partial charge in [-0.2, -0.15) is 13.8 Å². The number of hydrogen-bond donors (Lipinski definition) is 3. The third kappa shape index (κ3) is 9.47. The molecule has 1 aliphatic carbocycles. The van der Waals surface area contributed by atoms with Gasteiger partial charge in [0.1, 0.15) is 5.56 Å². The summed E-state index contributed by atoms with van der Waals surface area (Å²) in [6.45, 7) is 1.98. The molecule has 13 heteroatoms. The first-order valence-corrected chi connectivity index (χ1v) is 12.7. The molecule has 1 aromatic heterocycles. The van der Waals surface area contributed by atoms with Crippen molar-refractivity contribution in [1.29, 1.82) is 0 Å². The van der Waals surface area contributed by atoms with Gasteiger partial charge in [0.25, 0.3) is 5.91 Å². The van der Waals surface area contributed by atoms with Crippen molar-refractivity contribution >= 4 is 30.0 Å². The fourth-order valence-electron chi connectivity index (χ4n) is 4.09. The van der Waals surface area contributed by atoms with Gasteiger partial charge in [-0.15, -0.1) is 0 Å². The third-order valence-electron chi connectivity index (χ3n) is 6.11. The maximum Gasteiger partial charge on any atom is 0.409 e. The monoisotopic (exact) mass is 526 g/mol. The highest BCUT2D eigenvalue weighted by molar-refractivity contribution is 5.98. The van der Waals surface area contributed by atoms with E-state index < -0.39 is 18.6 Å². The summed E-state index contributed by atoms with van der Waals surface area (Å²) in [4.78, 5) is 39.8. The minimum Gasteiger partial charge on any atom is -0.449 e. The number of aliphatic hydroxyl groups excluding tert-OH is 1. The smallest absolute Gasteiger partial charge is 0.409 e. The van der Waals surface area contributed by atoms with Gasteiger partial charge < -0.3 is 30.1 Å². The van der Waals surface area contributed by atoms with Crippen molar-refractivity contribution in [2.24, 2.45) is 16.8 Å². The van der Waals surface area contributed by atoms with Gasteiger partial charge in [-0.3, -0.25) is 4.79 Å². The van der Waals surface area contributed by atoms with E-state index in [9.17, 15) is 23.5 Å². The predicted octanol–water partition coefficient (Wildman–Crippen LogP) is 2.98. The summed E-state index contributed by atoms with van der Waals surface area (Å²) in [5.74, 6) is 0.211. The zero-order valence-corrected chi connectivity index (χ0v) is 21.2. The van der Waals surface area contributed by atoms with Crippen molar-refractivity contribution in [3.63, 3.8) is 0 Å². The van der Waals surface area contributed by atoms with Gasteiger partial charge in [0.05, 0.1) is 19.3 Å². The zero-order valence-electron chi connectivity index (χ0n) is 21.2. The second-order valence-electron chi connectivity index (χ2n) is 9.71. The van der Waals surface area contributed by atoms with E-state index in [1.54, 1.807) is 11.1 Å². The van der Waals surface area contributed by atoms with Gasteiger partial charge in [-0.1, -0.05) is 13.8 Å². The molecule has 3 rings (SSSR count). The third-order valence-corrected chi connectivity index (χ3v) is 6.11. The molecule has 2 fully saturated rings. The second kappa shape index (κ2) is 14.1. The number of amides is 2. The Labute approximate surface area is 215 Å². The number of rotatable bonds is 11. The standard InChI is InChI=1S/C24H36F2N6O5/c1-15(2)14-37-24(35)32-9-7-17(13-32)30-21(34)19-12-29-23(27-8-10-36-22(25)26)31-20(19)28-11-16-3-5-18(33)6-4-16/h11-12,15-18,22,33H,3-10,13-14H2,1-2H3,(H,30,34)(H,27,29,31)/b28-11-/t16?,17-,18?/m0/s1. The summed E-state index contributed by atoms with van der Waals surface area (Å²) in [6, 6.07) is -0.264. The molecule has 37 heavy (non-hydrogen) atoms. The number of aromatic nitrogens is 2. The fourth-order valence-corrected chi connectivity index (χ4v) is 4.09. The molecule has 2 aliphatic rings. The second-order valence-corrected chi connectivity index (χ2v) is 9.71. The van der Waals surface area contributed by atoms with Crippen LogP contribution in [0, 0.1) is 11.8 Å². The van der Waals surface area contributed by atoms with Crippen molar-refractivity contribution in [2.75, 3.05) is 38.2 Å². The normalized spacial score (nSPS) is 22.1. The van der Waals surface area contributed by atoms with E-state index in [0.29, 0.717) is 39.0 Å². The van der Waals surface area contributed by atoms with Gasteiger partial charge in [-0.25, -0.2) is 14.8 Å². The highest BCUT2D eigenvalue weighted by Crippen LogP contribution is 2.25. The molecular weight excluding hydrogens is 490 g/mol. The van der Waals surface area contributed by atoms with Crippen molar-refractivity contribution in [2.45, 2.75) is 64.7 Å². The molecule has 206 valence electrons. The summed E-state index contributed by atoms with van der Waals surface area (Å²) >= 11 is 0. The van der Waals surface area contributed by atoms with Gasteiger partial charge in [0, 0.05) is 38.1 Å². The molecule has 0 unspecified atom stereocenters. The van der Waals surface area contributed by atoms with Crippen LogP contribution in [0.3, 0.4) is 0 Å². The summed E-state index contributed by atoms with van der Waals surface area (Å²) in [5, 5.41) is 15.4. The van der Waals surface area contributed by atoms with Crippen LogP contribution in [0.2, 0.25) is 0 Å². The van der Waals surface area contributed by atoms with Crippen LogP contribution in [-0.2, 0) is 9.47 Å². The Morgan fingerprint density at radius 2 is 2.03 bits per heavy atom. The molecule has 1 aliphatic heterocycles. The lowest BCUT2D eigenvalue weighted by Crippen LogP contribution is -2.39. The van der Waals surface area contributed by atoms with Gasteiger partial charge in [-0.05, 0) is 43.9 Å². The van der Waals surface area contributed by atoms with Crippen LogP contribution in [0.4, 0.5) is 25.3 Å². The SMILES string of the molecule is CC(C)COC(=O)N1CC[C@H](NC(=O)c2cnc(NCCOC(F)F)nc2/N=C\C2CCC(O)CC2)C1. The molecule has 2 amide bonds. The maximum atomic E-state index is 13.1.